The molecule has 1 saturated carbocycles. The van der Waals surface area contributed by atoms with Gasteiger partial charge in [-0.25, -0.2) is 0 Å². The number of carbonyl (C=O) groups is 2. The molecular formula is C12H22N2O2. The van der Waals surface area contributed by atoms with Crippen molar-refractivity contribution in [3.05, 3.63) is 0 Å². The molecule has 1 fully saturated rings. The minimum absolute atomic E-state index is 0.0234. The molecule has 1 aliphatic rings. The number of carbonyl (C=O) groups excluding carboxylic acids is 2. The van der Waals surface area contributed by atoms with E-state index >= 15 is 0 Å². The van der Waals surface area contributed by atoms with Crippen LogP contribution in [0.25, 0.3) is 0 Å². The van der Waals surface area contributed by atoms with Crippen molar-refractivity contribution in [2.24, 2.45) is 23.5 Å². The monoisotopic (exact) mass is 226 g/mol. The van der Waals surface area contributed by atoms with Gasteiger partial charge in [-0.3, -0.25) is 9.59 Å². The summed E-state index contributed by atoms with van der Waals surface area (Å²) in [5.41, 5.74) is 5.11. The van der Waals surface area contributed by atoms with Gasteiger partial charge in [0.15, 0.2) is 0 Å². The second-order valence-electron chi connectivity index (χ2n) is 5.25. The first kappa shape index (κ1) is 13.0. The Morgan fingerprint density at radius 2 is 1.69 bits per heavy atom. The number of rotatable bonds is 3. The normalized spacial score (nSPS) is 31.8. The summed E-state index contributed by atoms with van der Waals surface area (Å²) in [4.78, 5) is 22.7. The van der Waals surface area contributed by atoms with Crippen LogP contribution in [0.15, 0.2) is 0 Å². The highest BCUT2D eigenvalue weighted by molar-refractivity contribution is 5.87. The fourth-order valence-electron chi connectivity index (χ4n) is 2.56. The van der Waals surface area contributed by atoms with E-state index in [9.17, 15) is 9.59 Å². The molecule has 1 unspecified atom stereocenters. The van der Waals surface area contributed by atoms with Crippen LogP contribution >= 0.6 is 0 Å². The van der Waals surface area contributed by atoms with Crippen molar-refractivity contribution in [1.29, 1.82) is 0 Å². The molecule has 0 radical (unpaired) electrons. The van der Waals surface area contributed by atoms with E-state index in [0.29, 0.717) is 11.8 Å². The summed E-state index contributed by atoms with van der Waals surface area (Å²) in [6.45, 7) is 5.97. The van der Waals surface area contributed by atoms with Gasteiger partial charge >= 0.3 is 0 Å². The Bertz CT molecular complexity index is 268. The average Bonchev–Trinajstić information content (AvgIpc) is 2.15. The zero-order valence-electron chi connectivity index (χ0n) is 10.3. The maximum atomic E-state index is 11.9. The Hall–Kier alpha value is -1.06. The van der Waals surface area contributed by atoms with Crippen molar-refractivity contribution in [2.45, 2.75) is 46.1 Å². The SMILES string of the molecule is C[C@@H]1CC(C(=O)N[C@H](C)C(N)=O)C[C@H](C)C1. The van der Waals surface area contributed by atoms with Gasteiger partial charge in [-0.05, 0) is 38.0 Å². The van der Waals surface area contributed by atoms with Crippen LogP contribution in [0.3, 0.4) is 0 Å². The Morgan fingerprint density at radius 1 is 1.19 bits per heavy atom. The lowest BCUT2D eigenvalue weighted by Gasteiger charge is -2.31. The molecule has 0 spiro atoms. The van der Waals surface area contributed by atoms with Gasteiger partial charge in [0.25, 0.3) is 0 Å². The van der Waals surface area contributed by atoms with E-state index in [1.165, 1.54) is 6.42 Å². The second-order valence-corrected chi connectivity index (χ2v) is 5.25. The third-order valence-corrected chi connectivity index (χ3v) is 3.33. The van der Waals surface area contributed by atoms with Gasteiger partial charge in [0.1, 0.15) is 6.04 Å². The van der Waals surface area contributed by atoms with E-state index in [0.717, 1.165) is 12.8 Å². The first-order chi connectivity index (χ1) is 7.40. The van der Waals surface area contributed by atoms with Gasteiger partial charge in [-0.2, -0.15) is 0 Å². The number of primary amides is 1. The lowest BCUT2D eigenvalue weighted by atomic mass is 9.76. The smallest absolute Gasteiger partial charge is 0.239 e. The van der Waals surface area contributed by atoms with Gasteiger partial charge in [0.2, 0.25) is 11.8 Å². The van der Waals surface area contributed by atoms with Crippen molar-refractivity contribution in [1.82, 2.24) is 5.32 Å². The molecule has 0 bridgehead atoms. The summed E-state index contributed by atoms with van der Waals surface area (Å²) in [7, 11) is 0. The second kappa shape index (κ2) is 5.32. The van der Waals surface area contributed by atoms with Gasteiger partial charge < -0.3 is 11.1 Å². The van der Waals surface area contributed by atoms with Crippen LogP contribution in [0.2, 0.25) is 0 Å². The van der Waals surface area contributed by atoms with Crippen LogP contribution in [0, 0.1) is 17.8 Å². The number of hydrogen-bond donors (Lipinski definition) is 2. The van der Waals surface area contributed by atoms with Crippen molar-refractivity contribution in [2.75, 3.05) is 0 Å². The zero-order valence-corrected chi connectivity index (χ0v) is 10.3. The van der Waals surface area contributed by atoms with E-state index in [-0.39, 0.29) is 11.8 Å². The first-order valence-electron chi connectivity index (χ1n) is 5.99. The molecule has 1 rings (SSSR count). The van der Waals surface area contributed by atoms with Crippen LogP contribution in [0.5, 0.6) is 0 Å². The lowest BCUT2D eigenvalue weighted by molar-refractivity contribution is -0.131. The molecule has 3 N–H and O–H groups in total. The maximum Gasteiger partial charge on any atom is 0.239 e. The molecule has 4 atom stereocenters. The number of nitrogens with one attached hydrogen (secondary N) is 1. The van der Waals surface area contributed by atoms with E-state index in [4.69, 9.17) is 5.73 Å². The van der Waals surface area contributed by atoms with Crippen molar-refractivity contribution in [3.63, 3.8) is 0 Å². The molecule has 0 aliphatic heterocycles. The fraction of sp³-hybridized carbons (Fsp3) is 0.833. The highest BCUT2D eigenvalue weighted by Crippen LogP contribution is 2.32. The predicted molar refractivity (Wildman–Crippen MR) is 62.5 cm³/mol. The standard InChI is InChI=1S/C12H22N2O2/c1-7-4-8(2)6-10(5-7)12(16)14-9(3)11(13)15/h7-10H,4-6H2,1-3H3,(H2,13,15)(H,14,16)/t7-,8+,9-,10?/m1/s1. The third-order valence-electron chi connectivity index (χ3n) is 3.33. The van der Waals surface area contributed by atoms with Crippen molar-refractivity contribution in [3.8, 4) is 0 Å². The number of hydrogen-bond acceptors (Lipinski definition) is 2. The quantitative estimate of drug-likeness (QED) is 0.755. The van der Waals surface area contributed by atoms with E-state index in [1.807, 2.05) is 0 Å². The van der Waals surface area contributed by atoms with E-state index in [1.54, 1.807) is 6.92 Å². The number of amides is 2. The highest BCUT2D eigenvalue weighted by Gasteiger charge is 2.29. The molecule has 16 heavy (non-hydrogen) atoms. The van der Waals surface area contributed by atoms with Gasteiger partial charge in [-0.15, -0.1) is 0 Å². The zero-order chi connectivity index (χ0) is 12.3. The third kappa shape index (κ3) is 3.51. The minimum atomic E-state index is -0.569. The summed E-state index contributed by atoms with van der Waals surface area (Å²) in [6, 6.07) is -0.569. The Balaban J connectivity index is 2.50. The summed E-state index contributed by atoms with van der Waals surface area (Å²) >= 11 is 0. The molecular weight excluding hydrogens is 204 g/mol. The van der Waals surface area contributed by atoms with Crippen LogP contribution in [-0.4, -0.2) is 17.9 Å². The van der Waals surface area contributed by atoms with Crippen LogP contribution in [0.1, 0.15) is 40.0 Å². The van der Waals surface area contributed by atoms with Gasteiger partial charge in [-0.1, -0.05) is 13.8 Å². The molecule has 0 aromatic rings. The van der Waals surface area contributed by atoms with Crippen LogP contribution in [0.4, 0.5) is 0 Å². The molecule has 0 saturated heterocycles. The lowest BCUT2D eigenvalue weighted by Crippen LogP contribution is -2.45. The molecule has 1 aliphatic carbocycles. The summed E-state index contributed by atoms with van der Waals surface area (Å²) in [6.07, 6.45) is 3.03. The Labute approximate surface area is 97.0 Å². The van der Waals surface area contributed by atoms with E-state index < -0.39 is 11.9 Å². The molecule has 4 nitrogen and oxygen atoms in total. The van der Waals surface area contributed by atoms with Crippen molar-refractivity contribution < 1.29 is 9.59 Å². The highest BCUT2D eigenvalue weighted by atomic mass is 16.2. The number of nitrogens with two attached hydrogens (primary N) is 1. The van der Waals surface area contributed by atoms with E-state index in [2.05, 4.69) is 19.2 Å². The van der Waals surface area contributed by atoms with Crippen LogP contribution in [-0.2, 0) is 9.59 Å². The largest absolute Gasteiger partial charge is 0.368 e. The van der Waals surface area contributed by atoms with Gasteiger partial charge in [0.05, 0.1) is 0 Å². The van der Waals surface area contributed by atoms with Crippen LogP contribution < -0.4 is 11.1 Å². The Kier molecular flexibility index (Phi) is 4.33. The summed E-state index contributed by atoms with van der Waals surface area (Å²) in [5, 5.41) is 2.68. The molecule has 0 aromatic carbocycles. The first-order valence-corrected chi connectivity index (χ1v) is 5.99. The summed E-state index contributed by atoms with van der Waals surface area (Å²) < 4.78 is 0. The minimum Gasteiger partial charge on any atom is -0.368 e. The molecule has 4 heteroatoms. The van der Waals surface area contributed by atoms with Gasteiger partial charge in [0, 0.05) is 5.92 Å². The Morgan fingerprint density at radius 3 is 2.12 bits per heavy atom. The molecule has 0 aromatic heterocycles. The molecule has 2 amide bonds. The topological polar surface area (TPSA) is 72.2 Å². The van der Waals surface area contributed by atoms with Crippen molar-refractivity contribution >= 4 is 11.8 Å². The molecule has 0 heterocycles. The predicted octanol–water partition coefficient (Wildman–Crippen LogP) is 1.05. The maximum absolute atomic E-state index is 11.9. The molecule has 92 valence electrons. The average molecular weight is 226 g/mol. The fourth-order valence-corrected chi connectivity index (χ4v) is 2.56. The summed E-state index contributed by atoms with van der Waals surface area (Å²) in [5.74, 6) is 0.710.